The summed E-state index contributed by atoms with van der Waals surface area (Å²) in [6, 6.07) is 0. The first kappa shape index (κ1) is 21.0. The number of carboxylic acid groups (broad SMARTS) is 1. The molecule has 17 heavy (non-hydrogen) atoms. The Hall–Kier alpha value is -1.36. The highest BCUT2D eigenvalue weighted by Crippen LogP contribution is 1.82. The Morgan fingerprint density at radius 2 is 1.65 bits per heavy atom. The fourth-order valence-electron chi connectivity index (χ4n) is 0.341. The van der Waals surface area contributed by atoms with E-state index >= 15 is 0 Å². The Kier molecular flexibility index (Phi) is 24.8. The summed E-state index contributed by atoms with van der Waals surface area (Å²) in [6.45, 7) is 9.45. The molecule has 0 bridgehead atoms. The maximum atomic E-state index is 10.4. The van der Waals surface area contributed by atoms with Crippen molar-refractivity contribution in [3.05, 3.63) is 12.7 Å². The van der Waals surface area contributed by atoms with Gasteiger partial charge < -0.3 is 14.6 Å². The summed E-state index contributed by atoms with van der Waals surface area (Å²) in [5.74, 6) is -0.919. The number of carbonyl (C=O) groups excluding carboxylic acids is 1. The number of allylic oxidation sites excluding steroid dienone is 1. The summed E-state index contributed by atoms with van der Waals surface area (Å²) in [7, 11) is 1.57. The van der Waals surface area contributed by atoms with Crippen molar-refractivity contribution in [2.45, 2.75) is 33.6 Å². The zero-order valence-corrected chi connectivity index (χ0v) is 11.2. The van der Waals surface area contributed by atoms with Crippen LogP contribution in [0.2, 0.25) is 0 Å². The highest BCUT2D eigenvalue weighted by atomic mass is 16.6. The van der Waals surface area contributed by atoms with E-state index < -0.39 is 5.97 Å². The van der Waals surface area contributed by atoms with Crippen LogP contribution in [0.15, 0.2) is 12.7 Å². The van der Waals surface area contributed by atoms with E-state index in [1.54, 1.807) is 27.0 Å². The van der Waals surface area contributed by atoms with Crippen LogP contribution in [0.5, 0.6) is 0 Å². The molecule has 0 aromatic rings. The maximum Gasteiger partial charge on any atom is 0.305 e. The van der Waals surface area contributed by atoms with Crippen molar-refractivity contribution < 1.29 is 24.2 Å². The third kappa shape index (κ3) is 40.1. The molecule has 102 valence electrons. The lowest BCUT2D eigenvalue weighted by Crippen LogP contribution is -2.07. The molecule has 0 aliphatic rings. The van der Waals surface area contributed by atoms with Crippen molar-refractivity contribution in [3.63, 3.8) is 0 Å². The molecule has 0 saturated carbocycles. The number of carboxylic acids is 1. The van der Waals surface area contributed by atoms with Crippen molar-refractivity contribution in [2.24, 2.45) is 0 Å². The fraction of sp³-hybridized carbons (Fsp3) is 0.667. The summed E-state index contributed by atoms with van der Waals surface area (Å²) in [6.07, 6.45) is 2.41. The van der Waals surface area contributed by atoms with E-state index in [9.17, 15) is 9.59 Å². The number of ether oxygens (including phenoxy) is 2. The van der Waals surface area contributed by atoms with Gasteiger partial charge in [0.05, 0.1) is 6.61 Å². The normalized spacial score (nSPS) is 7.76. The monoisotopic (exact) mass is 248 g/mol. The SMILES string of the molecule is C=CC.CCC(=O)O.CCC(=O)OCCOC. The van der Waals surface area contributed by atoms with Crippen molar-refractivity contribution >= 4 is 11.9 Å². The van der Waals surface area contributed by atoms with Crippen LogP contribution in [0.3, 0.4) is 0 Å². The Balaban J connectivity index is -0.000000207. The predicted octanol–water partition coefficient (Wildman–Crippen LogP) is 2.26. The number of hydrogen-bond acceptors (Lipinski definition) is 4. The van der Waals surface area contributed by atoms with E-state index in [1.807, 2.05) is 6.92 Å². The first-order valence-corrected chi connectivity index (χ1v) is 5.43. The number of methoxy groups -OCH3 is 1. The smallest absolute Gasteiger partial charge is 0.305 e. The molecule has 5 nitrogen and oxygen atoms in total. The van der Waals surface area contributed by atoms with Gasteiger partial charge in [0.2, 0.25) is 0 Å². The van der Waals surface area contributed by atoms with Crippen LogP contribution in [0.25, 0.3) is 0 Å². The molecule has 0 aromatic heterocycles. The van der Waals surface area contributed by atoms with Crippen LogP contribution in [0.1, 0.15) is 33.6 Å². The topological polar surface area (TPSA) is 72.8 Å². The average molecular weight is 248 g/mol. The van der Waals surface area contributed by atoms with Gasteiger partial charge in [0.1, 0.15) is 6.61 Å². The van der Waals surface area contributed by atoms with E-state index in [4.69, 9.17) is 5.11 Å². The molecule has 0 aromatic carbocycles. The number of aliphatic carboxylic acids is 1. The van der Waals surface area contributed by atoms with Gasteiger partial charge in [0, 0.05) is 20.0 Å². The molecule has 0 spiro atoms. The minimum atomic E-state index is -0.745. The molecule has 0 amide bonds. The Labute approximate surface area is 103 Å². The van der Waals surface area contributed by atoms with Gasteiger partial charge >= 0.3 is 11.9 Å². The standard InChI is InChI=1S/C6H12O3.C3H6O2.C3H6/c1-3-6(7)9-5-4-8-2;1-2-3(4)5;1-3-2/h3-5H2,1-2H3;2H2,1H3,(H,4,5);3H,1H2,2H3. The molecule has 0 fully saturated rings. The number of carbonyl (C=O) groups is 2. The maximum absolute atomic E-state index is 10.4. The van der Waals surface area contributed by atoms with E-state index in [-0.39, 0.29) is 12.4 Å². The molecule has 0 unspecified atom stereocenters. The first-order chi connectivity index (χ1) is 7.99. The minimum Gasteiger partial charge on any atom is -0.481 e. The van der Waals surface area contributed by atoms with Gasteiger partial charge in [0.15, 0.2) is 0 Å². The van der Waals surface area contributed by atoms with Gasteiger partial charge in [-0.2, -0.15) is 0 Å². The van der Waals surface area contributed by atoms with E-state index in [0.717, 1.165) is 0 Å². The van der Waals surface area contributed by atoms with Crippen LogP contribution >= 0.6 is 0 Å². The van der Waals surface area contributed by atoms with Crippen molar-refractivity contribution in [3.8, 4) is 0 Å². The molecule has 0 saturated heterocycles. The van der Waals surface area contributed by atoms with Gasteiger partial charge in [-0.1, -0.05) is 19.9 Å². The Morgan fingerprint density at radius 3 is 1.88 bits per heavy atom. The summed E-state index contributed by atoms with van der Waals surface area (Å²) in [5, 5.41) is 7.72. The first-order valence-electron chi connectivity index (χ1n) is 5.43. The number of rotatable bonds is 5. The molecular formula is C12H24O5. The third-order valence-electron chi connectivity index (χ3n) is 1.14. The third-order valence-corrected chi connectivity index (χ3v) is 1.14. The second-order valence-electron chi connectivity index (χ2n) is 2.72. The molecule has 0 heterocycles. The lowest BCUT2D eigenvalue weighted by molar-refractivity contribution is -0.144. The average Bonchev–Trinajstić information content (AvgIpc) is 2.31. The van der Waals surface area contributed by atoms with E-state index in [1.165, 1.54) is 0 Å². The van der Waals surface area contributed by atoms with Gasteiger partial charge in [-0.05, 0) is 6.92 Å². The second kappa shape index (κ2) is 20.1. The summed E-state index contributed by atoms with van der Waals surface area (Å²) in [4.78, 5) is 19.8. The lowest BCUT2D eigenvalue weighted by Gasteiger charge is -1.99. The molecular weight excluding hydrogens is 224 g/mol. The van der Waals surface area contributed by atoms with Gasteiger partial charge in [0.25, 0.3) is 0 Å². The predicted molar refractivity (Wildman–Crippen MR) is 66.9 cm³/mol. The van der Waals surface area contributed by atoms with Crippen LogP contribution in [0.4, 0.5) is 0 Å². The summed E-state index contributed by atoms with van der Waals surface area (Å²) >= 11 is 0. The minimum absolute atomic E-state index is 0.174. The molecule has 0 atom stereocenters. The zero-order chi connectivity index (χ0) is 14.1. The van der Waals surface area contributed by atoms with Crippen LogP contribution < -0.4 is 0 Å². The van der Waals surface area contributed by atoms with E-state index in [2.05, 4.69) is 16.1 Å². The van der Waals surface area contributed by atoms with Crippen LogP contribution in [-0.2, 0) is 19.1 Å². The van der Waals surface area contributed by atoms with E-state index in [0.29, 0.717) is 19.6 Å². The second-order valence-corrected chi connectivity index (χ2v) is 2.72. The number of esters is 1. The van der Waals surface area contributed by atoms with Gasteiger partial charge in [-0.3, -0.25) is 9.59 Å². The Morgan fingerprint density at radius 1 is 1.24 bits per heavy atom. The quantitative estimate of drug-likeness (QED) is 0.459. The zero-order valence-electron chi connectivity index (χ0n) is 11.2. The largest absolute Gasteiger partial charge is 0.481 e. The van der Waals surface area contributed by atoms with Gasteiger partial charge in [-0.25, -0.2) is 0 Å². The number of hydrogen-bond donors (Lipinski definition) is 1. The lowest BCUT2D eigenvalue weighted by atomic mass is 10.5. The van der Waals surface area contributed by atoms with Crippen molar-refractivity contribution in [2.75, 3.05) is 20.3 Å². The molecule has 1 N–H and O–H groups in total. The van der Waals surface area contributed by atoms with Crippen molar-refractivity contribution in [1.82, 2.24) is 0 Å². The summed E-state index contributed by atoms with van der Waals surface area (Å²) < 4.78 is 9.33. The molecule has 0 rings (SSSR count). The van der Waals surface area contributed by atoms with Crippen LogP contribution in [-0.4, -0.2) is 37.4 Å². The molecule has 0 aliphatic carbocycles. The highest BCUT2D eigenvalue weighted by molar-refractivity contribution is 5.68. The molecule has 0 aliphatic heterocycles. The van der Waals surface area contributed by atoms with Crippen molar-refractivity contribution in [1.29, 1.82) is 0 Å². The van der Waals surface area contributed by atoms with Gasteiger partial charge in [-0.15, -0.1) is 6.58 Å². The molecule has 0 radical (unpaired) electrons. The van der Waals surface area contributed by atoms with Crippen LogP contribution in [0, 0.1) is 0 Å². The summed E-state index contributed by atoms with van der Waals surface area (Å²) in [5.41, 5.74) is 0. The highest BCUT2D eigenvalue weighted by Gasteiger charge is 1.94. The molecule has 5 heteroatoms. The Bertz CT molecular complexity index is 189. The fourth-order valence-corrected chi connectivity index (χ4v) is 0.341.